The van der Waals surface area contributed by atoms with Crippen LogP contribution in [0, 0.1) is 5.41 Å². The Bertz CT molecular complexity index is 167. The first-order valence-electron chi connectivity index (χ1n) is 5.37. The van der Waals surface area contributed by atoms with Crippen molar-refractivity contribution in [1.82, 2.24) is 4.90 Å². The van der Waals surface area contributed by atoms with E-state index in [-0.39, 0.29) is 11.5 Å². The fourth-order valence-electron chi connectivity index (χ4n) is 2.25. The minimum absolute atomic E-state index is 0.127. The highest BCUT2D eigenvalue weighted by Crippen LogP contribution is 2.30. The fraction of sp³-hybridized carbons (Fsp3) is 1.00. The lowest BCUT2D eigenvalue weighted by Crippen LogP contribution is -2.50. The number of aliphatic hydroxyl groups excluding tert-OH is 1. The maximum absolute atomic E-state index is 9.72. The summed E-state index contributed by atoms with van der Waals surface area (Å²) in [4.78, 5) is 2.41. The summed E-state index contributed by atoms with van der Waals surface area (Å²) in [5.41, 5.74) is 0.279. The number of rotatable bonds is 2. The zero-order valence-corrected chi connectivity index (χ0v) is 9.38. The van der Waals surface area contributed by atoms with Gasteiger partial charge in [-0.1, -0.05) is 20.8 Å². The van der Waals surface area contributed by atoms with Crippen molar-refractivity contribution < 1.29 is 5.11 Å². The van der Waals surface area contributed by atoms with Crippen LogP contribution in [0.4, 0.5) is 0 Å². The lowest BCUT2D eigenvalue weighted by atomic mass is 9.82. The van der Waals surface area contributed by atoms with Crippen LogP contribution in [0.2, 0.25) is 0 Å². The van der Waals surface area contributed by atoms with Crippen molar-refractivity contribution in [1.29, 1.82) is 0 Å². The molecule has 1 fully saturated rings. The molecule has 1 N–H and O–H groups in total. The molecule has 1 aliphatic heterocycles. The van der Waals surface area contributed by atoms with Gasteiger partial charge in [-0.05, 0) is 25.2 Å². The second-order valence-electron chi connectivity index (χ2n) is 5.21. The van der Waals surface area contributed by atoms with E-state index >= 15 is 0 Å². The molecule has 0 spiro atoms. The maximum atomic E-state index is 9.72. The molecule has 2 atom stereocenters. The Hall–Kier alpha value is -0.0800. The number of nitrogens with zero attached hydrogens (tertiary/aromatic N) is 1. The van der Waals surface area contributed by atoms with E-state index in [1.807, 2.05) is 0 Å². The van der Waals surface area contributed by atoms with Crippen LogP contribution in [-0.4, -0.2) is 35.2 Å². The Morgan fingerprint density at radius 3 is 2.62 bits per heavy atom. The lowest BCUT2D eigenvalue weighted by molar-refractivity contribution is -0.0110. The SMILES string of the molecule is CCC(C)N1CC(O)CC(C)(C)C1. The predicted molar refractivity (Wildman–Crippen MR) is 55.7 cm³/mol. The third-order valence-electron chi connectivity index (χ3n) is 3.08. The van der Waals surface area contributed by atoms with E-state index in [0.717, 1.165) is 19.5 Å². The first kappa shape index (κ1) is 11.0. The molecular formula is C11H23NO. The van der Waals surface area contributed by atoms with Crippen molar-refractivity contribution in [2.45, 2.75) is 52.7 Å². The lowest BCUT2D eigenvalue weighted by Gasteiger charge is -2.43. The minimum Gasteiger partial charge on any atom is -0.392 e. The molecule has 0 aromatic rings. The third-order valence-corrected chi connectivity index (χ3v) is 3.08. The van der Waals surface area contributed by atoms with E-state index in [1.54, 1.807) is 0 Å². The van der Waals surface area contributed by atoms with Gasteiger partial charge in [-0.15, -0.1) is 0 Å². The van der Waals surface area contributed by atoms with Gasteiger partial charge in [0.25, 0.3) is 0 Å². The molecule has 1 aliphatic rings. The van der Waals surface area contributed by atoms with E-state index in [4.69, 9.17) is 0 Å². The standard InChI is InChI=1S/C11H23NO/c1-5-9(2)12-7-10(13)6-11(3,4)8-12/h9-10,13H,5-8H2,1-4H3. The number of hydrogen-bond acceptors (Lipinski definition) is 2. The van der Waals surface area contributed by atoms with Crippen LogP contribution < -0.4 is 0 Å². The van der Waals surface area contributed by atoms with E-state index in [0.29, 0.717) is 6.04 Å². The van der Waals surface area contributed by atoms with Gasteiger partial charge in [-0.25, -0.2) is 0 Å². The number of likely N-dealkylation sites (tertiary alicyclic amines) is 1. The fourth-order valence-corrected chi connectivity index (χ4v) is 2.25. The van der Waals surface area contributed by atoms with E-state index in [1.165, 1.54) is 6.42 Å². The monoisotopic (exact) mass is 185 g/mol. The summed E-state index contributed by atoms with van der Waals surface area (Å²) < 4.78 is 0. The molecule has 2 unspecified atom stereocenters. The van der Waals surface area contributed by atoms with Gasteiger partial charge in [0.15, 0.2) is 0 Å². The van der Waals surface area contributed by atoms with Crippen LogP contribution in [0.3, 0.4) is 0 Å². The molecule has 0 bridgehead atoms. The molecule has 2 heteroatoms. The summed E-state index contributed by atoms with van der Waals surface area (Å²) in [6.45, 7) is 10.9. The Morgan fingerprint density at radius 1 is 1.54 bits per heavy atom. The van der Waals surface area contributed by atoms with Crippen molar-refractivity contribution in [2.75, 3.05) is 13.1 Å². The van der Waals surface area contributed by atoms with Crippen molar-refractivity contribution >= 4 is 0 Å². The summed E-state index contributed by atoms with van der Waals surface area (Å²) in [6, 6.07) is 0.606. The summed E-state index contributed by atoms with van der Waals surface area (Å²) in [7, 11) is 0. The van der Waals surface area contributed by atoms with Crippen molar-refractivity contribution in [3.8, 4) is 0 Å². The topological polar surface area (TPSA) is 23.5 Å². The molecule has 13 heavy (non-hydrogen) atoms. The highest BCUT2D eigenvalue weighted by atomic mass is 16.3. The highest BCUT2D eigenvalue weighted by Gasteiger charge is 2.32. The van der Waals surface area contributed by atoms with Gasteiger partial charge < -0.3 is 5.11 Å². The van der Waals surface area contributed by atoms with Crippen LogP contribution in [0.25, 0.3) is 0 Å². The van der Waals surface area contributed by atoms with Crippen LogP contribution in [-0.2, 0) is 0 Å². The molecular weight excluding hydrogens is 162 g/mol. The quantitative estimate of drug-likeness (QED) is 0.710. The maximum Gasteiger partial charge on any atom is 0.0672 e. The zero-order chi connectivity index (χ0) is 10.1. The molecule has 0 aliphatic carbocycles. The first-order valence-corrected chi connectivity index (χ1v) is 5.37. The minimum atomic E-state index is -0.127. The Morgan fingerprint density at radius 2 is 2.15 bits per heavy atom. The molecule has 2 nitrogen and oxygen atoms in total. The number of hydrogen-bond donors (Lipinski definition) is 1. The van der Waals surface area contributed by atoms with Gasteiger partial charge in [0.2, 0.25) is 0 Å². The Labute approximate surface area is 81.9 Å². The molecule has 1 heterocycles. The van der Waals surface area contributed by atoms with E-state index in [9.17, 15) is 5.11 Å². The molecule has 0 saturated carbocycles. The second kappa shape index (κ2) is 3.97. The van der Waals surface area contributed by atoms with Gasteiger partial charge in [0, 0.05) is 19.1 Å². The van der Waals surface area contributed by atoms with E-state index < -0.39 is 0 Å². The first-order chi connectivity index (χ1) is 5.94. The van der Waals surface area contributed by atoms with Crippen LogP contribution >= 0.6 is 0 Å². The summed E-state index contributed by atoms with van der Waals surface area (Å²) >= 11 is 0. The molecule has 78 valence electrons. The van der Waals surface area contributed by atoms with Crippen LogP contribution in [0.15, 0.2) is 0 Å². The Balaban J connectivity index is 2.57. The number of piperidine rings is 1. The van der Waals surface area contributed by atoms with Gasteiger partial charge in [0.1, 0.15) is 0 Å². The molecule has 0 radical (unpaired) electrons. The average Bonchev–Trinajstić information content (AvgIpc) is 1.99. The van der Waals surface area contributed by atoms with Gasteiger partial charge >= 0.3 is 0 Å². The summed E-state index contributed by atoms with van der Waals surface area (Å²) in [5.74, 6) is 0. The summed E-state index contributed by atoms with van der Waals surface area (Å²) in [5, 5.41) is 9.72. The Kier molecular flexibility index (Phi) is 3.36. The van der Waals surface area contributed by atoms with Crippen molar-refractivity contribution in [2.24, 2.45) is 5.41 Å². The molecule has 0 aromatic heterocycles. The van der Waals surface area contributed by atoms with Crippen molar-refractivity contribution in [3.63, 3.8) is 0 Å². The number of β-amino-alcohol motifs (C(OH)–C–C–N with tert-alkyl or cyclic N) is 1. The van der Waals surface area contributed by atoms with E-state index in [2.05, 4.69) is 32.6 Å². The molecule has 1 rings (SSSR count). The normalized spacial score (nSPS) is 31.6. The highest BCUT2D eigenvalue weighted by molar-refractivity contribution is 4.86. The average molecular weight is 185 g/mol. The number of aliphatic hydroxyl groups is 1. The zero-order valence-electron chi connectivity index (χ0n) is 9.38. The van der Waals surface area contributed by atoms with Crippen LogP contribution in [0.5, 0.6) is 0 Å². The predicted octanol–water partition coefficient (Wildman–Crippen LogP) is 1.88. The van der Waals surface area contributed by atoms with Gasteiger partial charge in [-0.2, -0.15) is 0 Å². The third kappa shape index (κ3) is 2.96. The van der Waals surface area contributed by atoms with Crippen molar-refractivity contribution in [3.05, 3.63) is 0 Å². The van der Waals surface area contributed by atoms with Crippen LogP contribution in [0.1, 0.15) is 40.5 Å². The molecule has 0 amide bonds. The molecule has 1 saturated heterocycles. The van der Waals surface area contributed by atoms with Gasteiger partial charge in [-0.3, -0.25) is 4.90 Å². The second-order valence-corrected chi connectivity index (χ2v) is 5.21. The smallest absolute Gasteiger partial charge is 0.0672 e. The summed E-state index contributed by atoms with van der Waals surface area (Å²) in [6.07, 6.45) is 1.99. The molecule has 0 aromatic carbocycles. The largest absolute Gasteiger partial charge is 0.392 e. The van der Waals surface area contributed by atoms with Gasteiger partial charge in [0.05, 0.1) is 6.10 Å².